The van der Waals surface area contributed by atoms with Crippen LogP contribution in [0.1, 0.15) is 30.9 Å². The molecule has 3 nitrogen and oxygen atoms in total. The number of benzene rings is 1. The third kappa shape index (κ3) is 4.06. The minimum absolute atomic E-state index is 0.545. The van der Waals surface area contributed by atoms with Crippen molar-refractivity contribution in [3.8, 4) is 0 Å². The summed E-state index contributed by atoms with van der Waals surface area (Å²) in [6, 6.07) is 12.3. The number of hydrogen-bond donors (Lipinski definition) is 1. The monoisotopic (exact) mass is 287 g/mol. The predicted octanol–water partition coefficient (Wildman–Crippen LogP) is 2.36. The van der Waals surface area contributed by atoms with Crippen LogP contribution in [0.2, 0.25) is 0 Å². The van der Waals surface area contributed by atoms with Gasteiger partial charge in [0.15, 0.2) is 0 Å². The zero-order valence-corrected chi connectivity index (χ0v) is 13.5. The van der Waals surface area contributed by atoms with E-state index in [0.29, 0.717) is 6.04 Å². The quantitative estimate of drug-likeness (QED) is 0.866. The van der Waals surface area contributed by atoms with Crippen LogP contribution in [0, 0.1) is 5.92 Å². The first-order valence-electron chi connectivity index (χ1n) is 8.41. The summed E-state index contributed by atoms with van der Waals surface area (Å²) in [5.74, 6) is 0.943. The first kappa shape index (κ1) is 15.0. The molecule has 2 aliphatic rings. The summed E-state index contributed by atoms with van der Waals surface area (Å²) in [5.41, 5.74) is 1.46. The largest absolute Gasteiger partial charge is 0.311 e. The van der Waals surface area contributed by atoms with Gasteiger partial charge < -0.3 is 10.2 Å². The van der Waals surface area contributed by atoms with Gasteiger partial charge in [0.25, 0.3) is 0 Å². The van der Waals surface area contributed by atoms with Crippen LogP contribution >= 0.6 is 0 Å². The number of piperazine rings is 1. The lowest BCUT2D eigenvalue weighted by Gasteiger charge is -2.41. The standard InChI is InChI=1S/C18H29N3/c1-20(2)11-6-12-21-14-17(15-9-10-15)19-13-18(21)16-7-4-3-5-8-16/h3-5,7-8,15,17-19H,6,9-14H2,1-2H3. The van der Waals surface area contributed by atoms with Gasteiger partial charge in [0.05, 0.1) is 0 Å². The highest BCUT2D eigenvalue weighted by atomic mass is 15.2. The van der Waals surface area contributed by atoms with E-state index in [1.54, 1.807) is 0 Å². The van der Waals surface area contributed by atoms with Crippen molar-refractivity contribution in [2.75, 3.05) is 40.3 Å². The van der Waals surface area contributed by atoms with E-state index < -0.39 is 0 Å². The van der Waals surface area contributed by atoms with Gasteiger partial charge in [-0.1, -0.05) is 30.3 Å². The van der Waals surface area contributed by atoms with E-state index in [0.717, 1.165) is 18.5 Å². The smallest absolute Gasteiger partial charge is 0.0473 e. The lowest BCUT2D eigenvalue weighted by atomic mass is 9.99. The molecular formula is C18H29N3. The maximum absolute atomic E-state index is 3.81. The van der Waals surface area contributed by atoms with Gasteiger partial charge in [-0.25, -0.2) is 0 Å². The lowest BCUT2D eigenvalue weighted by Crippen LogP contribution is -2.53. The topological polar surface area (TPSA) is 18.5 Å². The molecule has 0 aromatic heterocycles. The molecule has 1 saturated carbocycles. The van der Waals surface area contributed by atoms with Crippen molar-refractivity contribution in [2.45, 2.75) is 31.3 Å². The van der Waals surface area contributed by atoms with Gasteiger partial charge >= 0.3 is 0 Å². The molecule has 1 heterocycles. The van der Waals surface area contributed by atoms with E-state index in [1.807, 2.05) is 0 Å². The second-order valence-electron chi connectivity index (χ2n) is 6.93. The Labute approximate surface area is 129 Å². The molecule has 1 aliphatic heterocycles. The Hall–Kier alpha value is -0.900. The molecule has 1 saturated heterocycles. The SMILES string of the molecule is CN(C)CCCN1CC(C2CC2)NCC1c1ccccc1. The van der Waals surface area contributed by atoms with E-state index in [2.05, 4.69) is 59.5 Å². The lowest BCUT2D eigenvalue weighted by molar-refractivity contribution is 0.118. The Morgan fingerprint density at radius 1 is 1.19 bits per heavy atom. The number of nitrogens with zero attached hydrogens (tertiary/aromatic N) is 2. The third-order valence-corrected chi connectivity index (χ3v) is 4.87. The van der Waals surface area contributed by atoms with E-state index >= 15 is 0 Å². The zero-order chi connectivity index (χ0) is 14.7. The zero-order valence-electron chi connectivity index (χ0n) is 13.5. The third-order valence-electron chi connectivity index (χ3n) is 4.87. The van der Waals surface area contributed by atoms with Gasteiger partial charge in [-0.3, -0.25) is 4.90 Å². The highest BCUT2D eigenvalue weighted by molar-refractivity contribution is 5.20. The fraction of sp³-hybridized carbons (Fsp3) is 0.667. The number of rotatable bonds is 6. The minimum Gasteiger partial charge on any atom is -0.311 e. The molecule has 1 aliphatic carbocycles. The summed E-state index contributed by atoms with van der Waals surface area (Å²) in [6.07, 6.45) is 4.12. The molecule has 2 fully saturated rings. The molecule has 0 spiro atoms. The fourth-order valence-corrected chi connectivity index (χ4v) is 3.49. The van der Waals surface area contributed by atoms with Crippen LogP contribution in [0.4, 0.5) is 0 Å². The summed E-state index contributed by atoms with van der Waals surface area (Å²) >= 11 is 0. The molecule has 2 unspecified atom stereocenters. The van der Waals surface area contributed by atoms with E-state index in [1.165, 1.54) is 44.5 Å². The number of hydrogen-bond acceptors (Lipinski definition) is 3. The van der Waals surface area contributed by atoms with Gasteiger partial charge in [-0.15, -0.1) is 0 Å². The van der Waals surface area contributed by atoms with Crippen molar-refractivity contribution < 1.29 is 0 Å². The Balaban J connectivity index is 1.64. The molecule has 3 heteroatoms. The Morgan fingerprint density at radius 3 is 2.62 bits per heavy atom. The highest BCUT2D eigenvalue weighted by Crippen LogP contribution is 2.36. The maximum Gasteiger partial charge on any atom is 0.0473 e. The molecule has 21 heavy (non-hydrogen) atoms. The van der Waals surface area contributed by atoms with Crippen LogP contribution in [0.3, 0.4) is 0 Å². The van der Waals surface area contributed by atoms with Crippen LogP contribution < -0.4 is 5.32 Å². The van der Waals surface area contributed by atoms with Crippen molar-refractivity contribution in [3.05, 3.63) is 35.9 Å². The summed E-state index contributed by atoms with van der Waals surface area (Å²) in [5, 5.41) is 3.81. The summed E-state index contributed by atoms with van der Waals surface area (Å²) in [6.45, 7) is 4.72. The van der Waals surface area contributed by atoms with Crippen molar-refractivity contribution in [3.63, 3.8) is 0 Å². The normalized spacial score (nSPS) is 27.2. The maximum atomic E-state index is 3.81. The number of nitrogens with one attached hydrogen (secondary N) is 1. The molecule has 3 rings (SSSR count). The Bertz CT molecular complexity index is 427. The second-order valence-corrected chi connectivity index (χ2v) is 6.93. The van der Waals surface area contributed by atoms with Gasteiger partial charge in [-0.2, -0.15) is 0 Å². The van der Waals surface area contributed by atoms with Gasteiger partial charge in [0.2, 0.25) is 0 Å². The van der Waals surface area contributed by atoms with Crippen molar-refractivity contribution in [1.82, 2.24) is 15.1 Å². The predicted molar refractivity (Wildman–Crippen MR) is 88.4 cm³/mol. The molecule has 1 aromatic carbocycles. The second kappa shape index (κ2) is 6.91. The van der Waals surface area contributed by atoms with Crippen molar-refractivity contribution in [2.24, 2.45) is 5.92 Å². The molecule has 116 valence electrons. The van der Waals surface area contributed by atoms with Crippen LogP contribution in [-0.2, 0) is 0 Å². The van der Waals surface area contributed by atoms with Crippen molar-refractivity contribution in [1.29, 1.82) is 0 Å². The molecule has 1 N–H and O–H groups in total. The summed E-state index contributed by atoms with van der Waals surface area (Å²) in [7, 11) is 4.33. The average molecular weight is 287 g/mol. The van der Waals surface area contributed by atoms with Crippen LogP contribution in [0.5, 0.6) is 0 Å². The van der Waals surface area contributed by atoms with Gasteiger partial charge in [-0.05, 0) is 51.4 Å². The van der Waals surface area contributed by atoms with Crippen molar-refractivity contribution >= 4 is 0 Å². The first-order valence-corrected chi connectivity index (χ1v) is 8.41. The molecule has 0 bridgehead atoms. The minimum atomic E-state index is 0.545. The van der Waals surface area contributed by atoms with E-state index in [-0.39, 0.29) is 0 Å². The van der Waals surface area contributed by atoms with Crippen LogP contribution in [0.15, 0.2) is 30.3 Å². The molecule has 0 radical (unpaired) electrons. The average Bonchev–Trinajstić information content (AvgIpc) is 3.32. The van der Waals surface area contributed by atoms with E-state index in [9.17, 15) is 0 Å². The molecule has 1 aromatic rings. The van der Waals surface area contributed by atoms with Crippen LogP contribution in [-0.4, -0.2) is 56.1 Å². The van der Waals surface area contributed by atoms with Gasteiger partial charge in [0, 0.05) is 31.7 Å². The van der Waals surface area contributed by atoms with E-state index in [4.69, 9.17) is 0 Å². The summed E-state index contributed by atoms with van der Waals surface area (Å²) in [4.78, 5) is 5.01. The molecular weight excluding hydrogens is 258 g/mol. The fourth-order valence-electron chi connectivity index (χ4n) is 3.49. The van der Waals surface area contributed by atoms with Crippen LogP contribution in [0.25, 0.3) is 0 Å². The Morgan fingerprint density at radius 2 is 1.95 bits per heavy atom. The van der Waals surface area contributed by atoms with Gasteiger partial charge in [0.1, 0.15) is 0 Å². The first-order chi connectivity index (χ1) is 10.2. The Kier molecular flexibility index (Phi) is 4.94. The molecule has 2 atom stereocenters. The molecule has 0 amide bonds. The summed E-state index contributed by atoms with van der Waals surface area (Å²) < 4.78 is 0. The highest BCUT2D eigenvalue weighted by Gasteiger charge is 2.37.